The summed E-state index contributed by atoms with van der Waals surface area (Å²) in [6, 6.07) is 0. The Bertz CT molecular complexity index is 102. The van der Waals surface area contributed by atoms with Crippen LogP contribution in [0.2, 0.25) is 0 Å². The minimum absolute atomic E-state index is 0.950. The van der Waals surface area contributed by atoms with E-state index in [0.29, 0.717) is 0 Å². The second-order valence-corrected chi connectivity index (χ2v) is 3.67. The molecule has 0 spiro atoms. The van der Waals surface area contributed by atoms with Gasteiger partial charge in [-0.15, -0.1) is 0 Å². The van der Waals surface area contributed by atoms with E-state index in [1.165, 1.54) is 45.6 Å². The van der Waals surface area contributed by atoms with Gasteiger partial charge in [0.05, 0.1) is 0 Å². The van der Waals surface area contributed by atoms with Crippen molar-refractivity contribution in [2.45, 2.75) is 26.7 Å². The van der Waals surface area contributed by atoms with Crippen LogP contribution in [-0.2, 0) is 0 Å². The molecule has 0 aliphatic carbocycles. The molecule has 1 unspecified atom stereocenters. The number of hydrogen-bond donors (Lipinski definition) is 1. The molecule has 1 aliphatic rings. The first kappa shape index (κ1) is 10.0. The van der Waals surface area contributed by atoms with Crippen molar-refractivity contribution in [1.82, 2.24) is 10.2 Å². The fourth-order valence-electron chi connectivity index (χ4n) is 1.87. The van der Waals surface area contributed by atoms with E-state index in [-0.39, 0.29) is 0 Å². The predicted octanol–water partition coefficient (Wildman–Crippen LogP) is 1.33. The van der Waals surface area contributed by atoms with Crippen LogP contribution in [0.1, 0.15) is 26.7 Å². The highest BCUT2D eigenvalue weighted by atomic mass is 15.1. The van der Waals surface area contributed by atoms with E-state index in [1.807, 2.05) is 0 Å². The highest BCUT2D eigenvalue weighted by molar-refractivity contribution is 4.72. The van der Waals surface area contributed by atoms with Gasteiger partial charge in [0.15, 0.2) is 0 Å². The lowest BCUT2D eigenvalue weighted by molar-refractivity contribution is 0.279. The maximum atomic E-state index is 3.41. The van der Waals surface area contributed by atoms with Crippen LogP contribution in [0.4, 0.5) is 0 Å². The highest BCUT2D eigenvalue weighted by Gasteiger charge is 2.14. The zero-order valence-corrected chi connectivity index (χ0v) is 8.47. The van der Waals surface area contributed by atoms with Crippen molar-refractivity contribution in [3.63, 3.8) is 0 Å². The Morgan fingerprint density at radius 1 is 1.33 bits per heavy atom. The third kappa shape index (κ3) is 3.11. The van der Waals surface area contributed by atoms with Crippen molar-refractivity contribution >= 4 is 0 Å². The summed E-state index contributed by atoms with van der Waals surface area (Å²) in [6.07, 6.45) is 2.77. The summed E-state index contributed by atoms with van der Waals surface area (Å²) in [5.41, 5.74) is 0. The lowest BCUT2D eigenvalue weighted by Gasteiger charge is -2.19. The molecular weight excluding hydrogens is 148 g/mol. The van der Waals surface area contributed by atoms with Gasteiger partial charge in [0.1, 0.15) is 0 Å². The number of nitrogens with zero attached hydrogens (tertiary/aromatic N) is 1. The maximum absolute atomic E-state index is 3.41. The molecule has 0 saturated carbocycles. The van der Waals surface area contributed by atoms with Gasteiger partial charge in [0.25, 0.3) is 0 Å². The zero-order chi connectivity index (χ0) is 8.81. The lowest BCUT2D eigenvalue weighted by Crippen LogP contribution is -2.26. The van der Waals surface area contributed by atoms with Gasteiger partial charge in [-0.25, -0.2) is 0 Å². The van der Waals surface area contributed by atoms with Gasteiger partial charge in [-0.05, 0) is 51.5 Å². The molecule has 72 valence electrons. The van der Waals surface area contributed by atoms with Crippen LogP contribution in [0.25, 0.3) is 0 Å². The largest absolute Gasteiger partial charge is 0.316 e. The molecule has 0 radical (unpaired) electrons. The summed E-state index contributed by atoms with van der Waals surface area (Å²) in [5.74, 6) is 0.950. The third-order valence-electron chi connectivity index (χ3n) is 2.91. The molecule has 0 aromatic rings. The minimum atomic E-state index is 0.950. The summed E-state index contributed by atoms with van der Waals surface area (Å²) in [4.78, 5) is 2.51. The Hall–Kier alpha value is -0.0800. The smallest absolute Gasteiger partial charge is 0.00158 e. The van der Waals surface area contributed by atoms with Gasteiger partial charge >= 0.3 is 0 Å². The van der Waals surface area contributed by atoms with Crippen LogP contribution >= 0.6 is 0 Å². The van der Waals surface area contributed by atoms with Crippen LogP contribution in [0.3, 0.4) is 0 Å². The van der Waals surface area contributed by atoms with Crippen molar-refractivity contribution < 1.29 is 0 Å². The SMILES string of the molecule is CCN(CC)CCC1CCNC1. The van der Waals surface area contributed by atoms with Crippen LogP contribution in [0.5, 0.6) is 0 Å². The molecule has 12 heavy (non-hydrogen) atoms. The quantitative estimate of drug-likeness (QED) is 0.669. The summed E-state index contributed by atoms with van der Waals surface area (Å²) in [7, 11) is 0. The van der Waals surface area contributed by atoms with Crippen LogP contribution in [0, 0.1) is 5.92 Å². The Kier molecular flexibility index (Phi) is 4.62. The topological polar surface area (TPSA) is 15.3 Å². The van der Waals surface area contributed by atoms with Gasteiger partial charge in [-0.2, -0.15) is 0 Å². The fraction of sp³-hybridized carbons (Fsp3) is 1.00. The van der Waals surface area contributed by atoms with E-state index >= 15 is 0 Å². The predicted molar refractivity (Wildman–Crippen MR) is 53.4 cm³/mol. The monoisotopic (exact) mass is 170 g/mol. The molecule has 1 atom stereocenters. The zero-order valence-electron chi connectivity index (χ0n) is 8.47. The second-order valence-electron chi connectivity index (χ2n) is 3.67. The number of nitrogens with one attached hydrogen (secondary N) is 1. The molecule has 2 nitrogen and oxygen atoms in total. The van der Waals surface area contributed by atoms with Crippen molar-refractivity contribution in [2.75, 3.05) is 32.7 Å². The van der Waals surface area contributed by atoms with Gasteiger partial charge in [-0.3, -0.25) is 0 Å². The summed E-state index contributed by atoms with van der Waals surface area (Å²) >= 11 is 0. The fourth-order valence-corrected chi connectivity index (χ4v) is 1.87. The normalized spacial score (nSPS) is 23.8. The summed E-state index contributed by atoms with van der Waals surface area (Å²) < 4.78 is 0. The standard InChI is InChI=1S/C10H22N2/c1-3-12(4-2)8-6-10-5-7-11-9-10/h10-11H,3-9H2,1-2H3. The Labute approximate surface area is 76.3 Å². The molecule has 1 saturated heterocycles. The molecule has 0 bridgehead atoms. The van der Waals surface area contributed by atoms with Gasteiger partial charge in [0, 0.05) is 0 Å². The second kappa shape index (κ2) is 5.55. The maximum Gasteiger partial charge on any atom is -0.00158 e. The first-order valence-corrected chi connectivity index (χ1v) is 5.29. The van der Waals surface area contributed by atoms with E-state index < -0.39 is 0 Å². The molecule has 1 aliphatic heterocycles. The van der Waals surface area contributed by atoms with E-state index in [1.54, 1.807) is 0 Å². The lowest BCUT2D eigenvalue weighted by atomic mass is 10.1. The molecule has 1 fully saturated rings. The van der Waals surface area contributed by atoms with E-state index in [4.69, 9.17) is 0 Å². The molecule has 1 heterocycles. The molecule has 0 amide bonds. The van der Waals surface area contributed by atoms with Gasteiger partial charge < -0.3 is 10.2 Å². The molecular formula is C10H22N2. The molecule has 0 aromatic heterocycles. The van der Waals surface area contributed by atoms with Gasteiger partial charge in [0.2, 0.25) is 0 Å². The molecule has 2 heteroatoms. The highest BCUT2D eigenvalue weighted by Crippen LogP contribution is 2.12. The average molecular weight is 170 g/mol. The number of rotatable bonds is 5. The molecule has 0 aromatic carbocycles. The minimum Gasteiger partial charge on any atom is -0.316 e. The van der Waals surface area contributed by atoms with Gasteiger partial charge in [-0.1, -0.05) is 13.8 Å². The summed E-state index contributed by atoms with van der Waals surface area (Å²) in [5, 5.41) is 3.41. The molecule has 1 rings (SSSR count). The first-order chi connectivity index (χ1) is 5.86. The first-order valence-electron chi connectivity index (χ1n) is 5.29. The Morgan fingerprint density at radius 2 is 2.08 bits per heavy atom. The third-order valence-corrected chi connectivity index (χ3v) is 2.91. The van der Waals surface area contributed by atoms with Crippen LogP contribution in [0.15, 0.2) is 0 Å². The Morgan fingerprint density at radius 3 is 2.58 bits per heavy atom. The van der Waals surface area contributed by atoms with E-state index in [2.05, 4.69) is 24.1 Å². The van der Waals surface area contributed by atoms with Crippen LogP contribution < -0.4 is 5.32 Å². The number of hydrogen-bond acceptors (Lipinski definition) is 2. The van der Waals surface area contributed by atoms with Crippen molar-refractivity contribution in [3.8, 4) is 0 Å². The summed E-state index contributed by atoms with van der Waals surface area (Å²) in [6.45, 7) is 10.7. The Balaban J connectivity index is 2.06. The average Bonchev–Trinajstić information content (AvgIpc) is 2.59. The van der Waals surface area contributed by atoms with E-state index in [0.717, 1.165) is 5.92 Å². The van der Waals surface area contributed by atoms with Crippen molar-refractivity contribution in [2.24, 2.45) is 5.92 Å². The van der Waals surface area contributed by atoms with Crippen molar-refractivity contribution in [3.05, 3.63) is 0 Å². The van der Waals surface area contributed by atoms with Crippen LogP contribution in [-0.4, -0.2) is 37.6 Å². The van der Waals surface area contributed by atoms with E-state index in [9.17, 15) is 0 Å². The van der Waals surface area contributed by atoms with Crippen molar-refractivity contribution in [1.29, 1.82) is 0 Å². The molecule has 1 N–H and O–H groups in total.